The van der Waals surface area contributed by atoms with Gasteiger partial charge in [0.05, 0.1) is 0 Å². The highest BCUT2D eigenvalue weighted by atomic mass is 32.2. The monoisotopic (exact) mass is 159 g/mol. The Balaban J connectivity index is 2.18. The molecule has 0 aliphatic carbocycles. The third-order valence-electron chi connectivity index (χ3n) is 1.76. The van der Waals surface area contributed by atoms with Crippen LogP contribution in [0.5, 0.6) is 0 Å². The molecule has 1 aliphatic rings. The molecule has 1 aliphatic heterocycles. The highest BCUT2D eigenvalue weighted by molar-refractivity contribution is 8.00. The molecule has 10 heavy (non-hydrogen) atoms. The summed E-state index contributed by atoms with van der Waals surface area (Å²) in [5.41, 5.74) is 0. The molecule has 0 amide bonds. The molecule has 1 heterocycles. The van der Waals surface area contributed by atoms with Crippen LogP contribution in [0.2, 0.25) is 0 Å². The number of thioether (sulfide) groups is 1. The molecular formula is C8H15OS. The van der Waals surface area contributed by atoms with Gasteiger partial charge in [-0.15, -0.1) is 0 Å². The minimum atomic E-state index is 0.694. The van der Waals surface area contributed by atoms with Gasteiger partial charge in [0.25, 0.3) is 0 Å². The van der Waals surface area contributed by atoms with Gasteiger partial charge in [-0.25, -0.2) is 0 Å². The first kappa shape index (κ1) is 8.41. The zero-order valence-electron chi connectivity index (χ0n) is 6.72. The Hall–Kier alpha value is 0.310. The van der Waals surface area contributed by atoms with E-state index in [9.17, 15) is 0 Å². The topological polar surface area (TPSA) is 9.23 Å². The molecule has 59 valence electrons. The Labute approximate surface area is 67.5 Å². The highest BCUT2D eigenvalue weighted by Crippen LogP contribution is 2.33. The largest absolute Gasteiger partial charge is 0.371 e. The summed E-state index contributed by atoms with van der Waals surface area (Å²) in [5.74, 6) is 1.31. The van der Waals surface area contributed by atoms with Gasteiger partial charge in [-0.05, 0) is 32.4 Å². The normalized spacial score (nSPS) is 26.1. The summed E-state index contributed by atoms with van der Waals surface area (Å²) in [4.78, 5) is 0. The van der Waals surface area contributed by atoms with Crippen molar-refractivity contribution in [3.8, 4) is 0 Å². The summed E-state index contributed by atoms with van der Waals surface area (Å²) in [5, 5.41) is 0.694. The van der Waals surface area contributed by atoms with Crippen LogP contribution in [0.1, 0.15) is 26.7 Å². The van der Waals surface area contributed by atoms with Gasteiger partial charge in [0.1, 0.15) is 6.10 Å². The van der Waals surface area contributed by atoms with Crippen molar-refractivity contribution in [1.29, 1.82) is 0 Å². The molecule has 2 heteroatoms. The summed E-state index contributed by atoms with van der Waals surface area (Å²) < 4.78 is 5.42. The highest BCUT2D eigenvalue weighted by Gasteiger charge is 2.22. The number of hydrogen-bond donors (Lipinski definition) is 0. The van der Waals surface area contributed by atoms with Crippen molar-refractivity contribution in [2.75, 3.05) is 12.4 Å². The molecule has 1 rings (SSSR count). The lowest BCUT2D eigenvalue weighted by atomic mass is 10.2. The fourth-order valence-electron chi connectivity index (χ4n) is 1.22. The van der Waals surface area contributed by atoms with Gasteiger partial charge in [-0.2, -0.15) is 11.8 Å². The van der Waals surface area contributed by atoms with E-state index in [2.05, 4.69) is 6.92 Å². The molecule has 0 N–H and O–H groups in total. The quantitative estimate of drug-likeness (QED) is 0.625. The molecule has 1 unspecified atom stereocenters. The molecule has 1 nitrogen and oxygen atoms in total. The predicted molar refractivity (Wildman–Crippen MR) is 46.0 cm³/mol. The maximum atomic E-state index is 5.42. The van der Waals surface area contributed by atoms with E-state index >= 15 is 0 Å². The van der Waals surface area contributed by atoms with Crippen molar-refractivity contribution < 1.29 is 4.74 Å². The van der Waals surface area contributed by atoms with E-state index in [0.717, 1.165) is 6.61 Å². The van der Waals surface area contributed by atoms with Gasteiger partial charge in [0, 0.05) is 11.9 Å². The summed E-state index contributed by atoms with van der Waals surface area (Å²) in [6.07, 6.45) is 3.90. The maximum absolute atomic E-state index is 5.42. The summed E-state index contributed by atoms with van der Waals surface area (Å²) >= 11 is 2.03. The number of rotatable bonds is 3. The second-order valence-corrected chi connectivity index (χ2v) is 3.86. The second-order valence-electron chi connectivity index (χ2n) is 2.55. The predicted octanol–water partition coefficient (Wildman–Crippen LogP) is 2.47. The minimum Gasteiger partial charge on any atom is -0.371 e. The molecule has 1 atom stereocenters. The molecule has 1 saturated heterocycles. The zero-order valence-corrected chi connectivity index (χ0v) is 7.54. The number of hydrogen-bond acceptors (Lipinski definition) is 2. The average Bonchev–Trinajstić information content (AvgIpc) is 2.38. The summed E-state index contributed by atoms with van der Waals surface area (Å²) in [7, 11) is 0. The first-order valence-electron chi connectivity index (χ1n) is 3.92. The minimum absolute atomic E-state index is 0.694. The van der Waals surface area contributed by atoms with Crippen molar-refractivity contribution >= 4 is 11.8 Å². The lowest BCUT2D eigenvalue weighted by Crippen LogP contribution is -2.11. The van der Waals surface area contributed by atoms with Crippen LogP contribution in [-0.2, 0) is 4.74 Å². The van der Waals surface area contributed by atoms with Gasteiger partial charge in [0.15, 0.2) is 0 Å². The Kier molecular flexibility index (Phi) is 3.57. The van der Waals surface area contributed by atoms with E-state index in [-0.39, 0.29) is 0 Å². The molecule has 1 radical (unpaired) electrons. The lowest BCUT2D eigenvalue weighted by molar-refractivity contribution is 0.157. The molecule has 0 saturated carbocycles. The summed E-state index contributed by atoms with van der Waals surface area (Å²) in [6, 6.07) is 0. The fourth-order valence-corrected chi connectivity index (χ4v) is 2.47. The van der Waals surface area contributed by atoms with Gasteiger partial charge in [-0.1, -0.05) is 0 Å². The van der Waals surface area contributed by atoms with Crippen LogP contribution < -0.4 is 0 Å². The average molecular weight is 159 g/mol. The SMILES string of the molecule is CCO[C](C)C1CCCS1. The van der Waals surface area contributed by atoms with E-state index < -0.39 is 0 Å². The van der Waals surface area contributed by atoms with Gasteiger partial charge < -0.3 is 4.74 Å². The van der Waals surface area contributed by atoms with Crippen LogP contribution in [0, 0.1) is 6.10 Å². The molecule has 0 bridgehead atoms. The van der Waals surface area contributed by atoms with Crippen molar-refractivity contribution in [3.63, 3.8) is 0 Å². The van der Waals surface area contributed by atoms with E-state index in [1.54, 1.807) is 0 Å². The van der Waals surface area contributed by atoms with E-state index in [1.807, 2.05) is 18.7 Å². The van der Waals surface area contributed by atoms with Crippen molar-refractivity contribution in [2.45, 2.75) is 31.9 Å². The third-order valence-corrected chi connectivity index (χ3v) is 3.25. The van der Waals surface area contributed by atoms with Crippen molar-refractivity contribution in [3.05, 3.63) is 6.10 Å². The van der Waals surface area contributed by atoms with Gasteiger partial charge in [-0.3, -0.25) is 0 Å². The van der Waals surface area contributed by atoms with Crippen molar-refractivity contribution in [1.82, 2.24) is 0 Å². The van der Waals surface area contributed by atoms with Crippen LogP contribution in [-0.4, -0.2) is 17.6 Å². The Bertz CT molecular complexity index is 89.3. The Morgan fingerprint density at radius 3 is 3.00 bits per heavy atom. The first-order chi connectivity index (χ1) is 4.84. The maximum Gasteiger partial charge on any atom is 0.107 e. The van der Waals surface area contributed by atoms with Crippen LogP contribution >= 0.6 is 11.8 Å². The van der Waals surface area contributed by atoms with E-state index in [4.69, 9.17) is 4.74 Å². The number of ether oxygens (including phenoxy) is 1. The van der Waals surface area contributed by atoms with Crippen LogP contribution in [0.4, 0.5) is 0 Å². The Morgan fingerprint density at radius 1 is 1.70 bits per heavy atom. The standard InChI is InChI=1S/C8H15OS/c1-3-9-7(2)8-5-4-6-10-8/h8H,3-6H2,1-2H3. The smallest absolute Gasteiger partial charge is 0.107 e. The van der Waals surface area contributed by atoms with Crippen LogP contribution in [0.15, 0.2) is 0 Å². The van der Waals surface area contributed by atoms with Crippen LogP contribution in [0.25, 0.3) is 0 Å². The van der Waals surface area contributed by atoms with Gasteiger partial charge >= 0.3 is 0 Å². The Morgan fingerprint density at radius 2 is 2.50 bits per heavy atom. The molecule has 0 aromatic heterocycles. The molecule has 0 aromatic rings. The first-order valence-corrected chi connectivity index (χ1v) is 4.97. The molecule has 0 spiro atoms. The van der Waals surface area contributed by atoms with Crippen molar-refractivity contribution in [2.24, 2.45) is 0 Å². The second kappa shape index (κ2) is 4.24. The molecule has 1 fully saturated rings. The van der Waals surface area contributed by atoms with Gasteiger partial charge in [0.2, 0.25) is 0 Å². The summed E-state index contributed by atoms with van der Waals surface area (Å²) in [6.45, 7) is 4.97. The molecular weight excluding hydrogens is 144 g/mol. The third kappa shape index (κ3) is 2.17. The molecule has 0 aromatic carbocycles. The fraction of sp³-hybridized carbons (Fsp3) is 0.875. The zero-order chi connectivity index (χ0) is 7.40. The van der Waals surface area contributed by atoms with Crippen LogP contribution in [0.3, 0.4) is 0 Å². The lowest BCUT2D eigenvalue weighted by Gasteiger charge is -2.15. The van der Waals surface area contributed by atoms with E-state index in [1.165, 1.54) is 24.7 Å². The van der Waals surface area contributed by atoms with E-state index in [0.29, 0.717) is 5.25 Å².